The Kier molecular flexibility index (Phi) is 3.62. The van der Waals surface area contributed by atoms with Crippen LogP contribution in [0.15, 0.2) is 54.7 Å². The van der Waals surface area contributed by atoms with Crippen molar-refractivity contribution in [1.29, 1.82) is 0 Å². The largest absolute Gasteiger partial charge is 0.396 e. The molecule has 0 atom stereocenters. The van der Waals surface area contributed by atoms with Gasteiger partial charge in [-0.15, -0.1) is 0 Å². The van der Waals surface area contributed by atoms with Crippen molar-refractivity contribution in [2.45, 2.75) is 6.54 Å². The highest BCUT2D eigenvalue weighted by molar-refractivity contribution is 6.33. The summed E-state index contributed by atoms with van der Waals surface area (Å²) >= 11 is 6.06. The summed E-state index contributed by atoms with van der Waals surface area (Å²) in [5, 5.41) is 4.75. The summed E-state index contributed by atoms with van der Waals surface area (Å²) < 4.78 is 14.9. The van der Waals surface area contributed by atoms with E-state index < -0.39 is 0 Å². The van der Waals surface area contributed by atoms with Gasteiger partial charge in [0.1, 0.15) is 11.5 Å². The number of nitrogens with two attached hydrogens (primary N) is 1. The number of rotatable bonds is 3. The van der Waals surface area contributed by atoms with Crippen LogP contribution in [-0.2, 0) is 6.54 Å². The average Bonchev–Trinajstić information content (AvgIpc) is 2.80. The van der Waals surface area contributed by atoms with E-state index >= 15 is 0 Å². The Labute approximate surface area is 126 Å². The molecule has 1 heterocycles. The third kappa shape index (κ3) is 2.90. The van der Waals surface area contributed by atoms with Gasteiger partial charge in [-0.3, -0.25) is 4.68 Å². The van der Waals surface area contributed by atoms with Crippen molar-refractivity contribution in [3.8, 4) is 11.3 Å². The van der Waals surface area contributed by atoms with Crippen molar-refractivity contribution in [2.75, 3.05) is 5.73 Å². The first kappa shape index (κ1) is 13.6. The normalized spacial score (nSPS) is 10.8. The van der Waals surface area contributed by atoms with Crippen LogP contribution in [0.1, 0.15) is 5.56 Å². The zero-order chi connectivity index (χ0) is 14.8. The van der Waals surface area contributed by atoms with Gasteiger partial charge in [-0.25, -0.2) is 4.39 Å². The standard InChI is InChI=1S/C16H13ClFN3/c17-14-8-12(18)6-7-13(14)16-15(19)10-21(20-16)9-11-4-2-1-3-5-11/h1-8,10H,9,19H2. The highest BCUT2D eigenvalue weighted by Gasteiger charge is 2.12. The van der Waals surface area contributed by atoms with Gasteiger partial charge in [-0.1, -0.05) is 41.9 Å². The van der Waals surface area contributed by atoms with Gasteiger partial charge in [0.2, 0.25) is 0 Å². The van der Waals surface area contributed by atoms with Crippen LogP contribution in [0.2, 0.25) is 5.02 Å². The van der Waals surface area contributed by atoms with Gasteiger partial charge in [0.15, 0.2) is 0 Å². The van der Waals surface area contributed by atoms with E-state index in [0.717, 1.165) is 5.56 Å². The lowest BCUT2D eigenvalue weighted by Crippen LogP contribution is -2.00. The Morgan fingerprint density at radius 3 is 2.62 bits per heavy atom. The van der Waals surface area contributed by atoms with E-state index in [1.165, 1.54) is 12.1 Å². The molecule has 2 N–H and O–H groups in total. The quantitative estimate of drug-likeness (QED) is 0.795. The molecule has 0 aliphatic rings. The van der Waals surface area contributed by atoms with Crippen molar-refractivity contribution in [1.82, 2.24) is 9.78 Å². The van der Waals surface area contributed by atoms with Gasteiger partial charge in [-0.05, 0) is 23.8 Å². The summed E-state index contributed by atoms with van der Waals surface area (Å²) in [4.78, 5) is 0. The third-order valence-corrected chi connectivity index (χ3v) is 3.48. The van der Waals surface area contributed by atoms with E-state index in [9.17, 15) is 4.39 Å². The van der Waals surface area contributed by atoms with Crippen molar-refractivity contribution in [2.24, 2.45) is 0 Å². The first-order valence-electron chi connectivity index (χ1n) is 6.46. The fourth-order valence-corrected chi connectivity index (χ4v) is 2.44. The minimum atomic E-state index is -0.383. The van der Waals surface area contributed by atoms with Crippen LogP contribution in [0.25, 0.3) is 11.3 Å². The van der Waals surface area contributed by atoms with Gasteiger partial charge in [-0.2, -0.15) is 5.10 Å². The lowest BCUT2D eigenvalue weighted by atomic mass is 10.1. The second kappa shape index (κ2) is 5.58. The molecule has 0 spiro atoms. The zero-order valence-electron chi connectivity index (χ0n) is 11.1. The number of nitrogens with zero attached hydrogens (tertiary/aromatic N) is 2. The molecule has 0 fully saturated rings. The molecule has 3 rings (SSSR count). The van der Waals surface area contributed by atoms with Gasteiger partial charge < -0.3 is 5.73 Å². The molecule has 0 saturated carbocycles. The number of halogens is 2. The summed E-state index contributed by atoms with van der Waals surface area (Å²) in [6.45, 7) is 0.615. The summed E-state index contributed by atoms with van der Waals surface area (Å²) in [6, 6.07) is 14.1. The highest BCUT2D eigenvalue weighted by atomic mass is 35.5. The molecule has 0 aliphatic carbocycles. The third-order valence-electron chi connectivity index (χ3n) is 3.16. The molecule has 0 aliphatic heterocycles. The number of benzene rings is 2. The fraction of sp³-hybridized carbons (Fsp3) is 0.0625. The maximum atomic E-state index is 13.1. The van der Waals surface area contributed by atoms with E-state index in [-0.39, 0.29) is 5.82 Å². The maximum absolute atomic E-state index is 13.1. The van der Waals surface area contributed by atoms with Crippen molar-refractivity contribution in [3.63, 3.8) is 0 Å². The second-order valence-corrected chi connectivity index (χ2v) is 5.15. The van der Waals surface area contributed by atoms with Gasteiger partial charge >= 0.3 is 0 Å². The molecule has 3 nitrogen and oxygen atoms in total. The summed E-state index contributed by atoms with van der Waals surface area (Å²) in [5.74, 6) is -0.383. The first-order valence-corrected chi connectivity index (χ1v) is 6.83. The number of nitrogen functional groups attached to an aromatic ring is 1. The van der Waals surface area contributed by atoms with Crippen LogP contribution in [0.3, 0.4) is 0 Å². The zero-order valence-corrected chi connectivity index (χ0v) is 11.9. The summed E-state index contributed by atoms with van der Waals surface area (Å²) in [6.07, 6.45) is 1.75. The molecule has 0 unspecified atom stereocenters. The van der Waals surface area contributed by atoms with Crippen molar-refractivity contribution >= 4 is 17.3 Å². The lowest BCUT2D eigenvalue weighted by molar-refractivity contribution is 0.628. The van der Waals surface area contributed by atoms with Gasteiger partial charge in [0, 0.05) is 11.8 Å². The molecule has 106 valence electrons. The fourth-order valence-electron chi connectivity index (χ4n) is 2.18. The van der Waals surface area contributed by atoms with E-state index in [1.54, 1.807) is 16.9 Å². The molecule has 0 radical (unpaired) electrons. The predicted octanol–water partition coefficient (Wildman–Crippen LogP) is 3.97. The molecule has 0 bridgehead atoms. The Morgan fingerprint density at radius 1 is 1.14 bits per heavy atom. The SMILES string of the molecule is Nc1cn(Cc2ccccc2)nc1-c1ccc(F)cc1Cl. The van der Waals surface area contributed by atoms with Gasteiger partial charge in [0.25, 0.3) is 0 Å². The molecule has 0 amide bonds. The Balaban J connectivity index is 1.94. The molecular weight excluding hydrogens is 289 g/mol. The van der Waals surface area contributed by atoms with Crippen molar-refractivity contribution in [3.05, 3.63) is 71.1 Å². The second-order valence-electron chi connectivity index (χ2n) is 4.74. The first-order chi connectivity index (χ1) is 10.1. The van der Waals surface area contributed by atoms with Crippen LogP contribution in [0.5, 0.6) is 0 Å². The van der Waals surface area contributed by atoms with Gasteiger partial charge in [0.05, 0.1) is 17.3 Å². The number of anilines is 1. The average molecular weight is 302 g/mol. The monoisotopic (exact) mass is 301 g/mol. The number of hydrogen-bond donors (Lipinski definition) is 1. The smallest absolute Gasteiger partial charge is 0.124 e. The van der Waals surface area contributed by atoms with Crippen LogP contribution in [0.4, 0.5) is 10.1 Å². The van der Waals surface area contributed by atoms with E-state index in [0.29, 0.717) is 28.5 Å². The Morgan fingerprint density at radius 2 is 1.90 bits per heavy atom. The van der Waals surface area contributed by atoms with Crippen LogP contribution in [0, 0.1) is 5.82 Å². The maximum Gasteiger partial charge on any atom is 0.124 e. The Bertz CT molecular complexity index is 768. The molecule has 1 aromatic heterocycles. The van der Waals surface area contributed by atoms with Crippen LogP contribution >= 0.6 is 11.6 Å². The Hall–Kier alpha value is -2.33. The van der Waals surface area contributed by atoms with Crippen molar-refractivity contribution < 1.29 is 4.39 Å². The van der Waals surface area contributed by atoms with E-state index in [4.69, 9.17) is 17.3 Å². The summed E-state index contributed by atoms with van der Waals surface area (Å²) in [5.41, 5.74) is 8.83. The van der Waals surface area contributed by atoms with Crippen LogP contribution < -0.4 is 5.73 Å². The molecule has 3 aromatic rings. The predicted molar refractivity (Wildman–Crippen MR) is 82.6 cm³/mol. The molecule has 2 aromatic carbocycles. The highest BCUT2D eigenvalue weighted by Crippen LogP contribution is 2.31. The van der Waals surface area contributed by atoms with Crippen LogP contribution in [-0.4, -0.2) is 9.78 Å². The minimum absolute atomic E-state index is 0.298. The van der Waals surface area contributed by atoms with E-state index in [2.05, 4.69) is 5.10 Å². The number of hydrogen-bond acceptors (Lipinski definition) is 2. The summed E-state index contributed by atoms with van der Waals surface area (Å²) in [7, 11) is 0. The molecule has 21 heavy (non-hydrogen) atoms. The number of aromatic nitrogens is 2. The van der Waals surface area contributed by atoms with E-state index in [1.807, 2.05) is 30.3 Å². The lowest BCUT2D eigenvalue weighted by Gasteiger charge is -2.03. The minimum Gasteiger partial charge on any atom is -0.396 e. The molecule has 5 heteroatoms. The molecular formula is C16H13ClFN3. The topological polar surface area (TPSA) is 43.8 Å². The molecule has 0 saturated heterocycles.